The highest BCUT2D eigenvalue weighted by molar-refractivity contribution is 5.74. The van der Waals surface area contributed by atoms with Crippen molar-refractivity contribution in [2.24, 2.45) is 0 Å². The van der Waals surface area contributed by atoms with E-state index in [4.69, 9.17) is 9.97 Å². The van der Waals surface area contributed by atoms with Crippen molar-refractivity contribution >= 4 is 11.7 Å². The van der Waals surface area contributed by atoms with Crippen LogP contribution in [0.15, 0.2) is 24.4 Å². The minimum Gasteiger partial charge on any atom is -0.366 e. The second-order valence-electron chi connectivity index (χ2n) is 7.24. The molecule has 0 spiro atoms. The van der Waals surface area contributed by atoms with Crippen molar-refractivity contribution < 1.29 is 4.79 Å². The van der Waals surface area contributed by atoms with Crippen LogP contribution in [0.4, 0.5) is 5.82 Å². The van der Waals surface area contributed by atoms with Crippen molar-refractivity contribution in [1.82, 2.24) is 24.8 Å². The number of aromatic nitrogens is 3. The number of amides is 1. The van der Waals surface area contributed by atoms with Crippen LogP contribution in [0.5, 0.6) is 0 Å². The molecule has 3 heterocycles. The molecule has 0 radical (unpaired) electrons. The number of hydrogen-bond donors (Lipinski definition) is 1. The summed E-state index contributed by atoms with van der Waals surface area (Å²) in [4.78, 5) is 29.8. The topological polar surface area (TPSA) is 74.2 Å². The number of nitrogens with zero attached hydrogens (tertiary/aromatic N) is 5. The SMILES string of the molecule is CC[C@@H](CN(C)C)Nc1nc(-c2ccccn2)nc2c1CCN(C(C)=O)C2. The largest absolute Gasteiger partial charge is 0.366 e. The van der Waals surface area contributed by atoms with E-state index in [1.54, 1.807) is 13.1 Å². The molecule has 1 N–H and O–H groups in total. The highest BCUT2D eigenvalue weighted by atomic mass is 16.2. The van der Waals surface area contributed by atoms with E-state index < -0.39 is 0 Å². The summed E-state index contributed by atoms with van der Waals surface area (Å²) >= 11 is 0. The molecule has 27 heavy (non-hydrogen) atoms. The van der Waals surface area contributed by atoms with Gasteiger partial charge >= 0.3 is 0 Å². The molecule has 0 bridgehead atoms. The number of anilines is 1. The van der Waals surface area contributed by atoms with Crippen molar-refractivity contribution in [3.8, 4) is 11.5 Å². The lowest BCUT2D eigenvalue weighted by atomic mass is 10.0. The molecule has 0 aliphatic carbocycles. The van der Waals surface area contributed by atoms with E-state index in [9.17, 15) is 4.79 Å². The normalized spacial score (nSPS) is 14.8. The summed E-state index contributed by atoms with van der Waals surface area (Å²) in [6.45, 7) is 5.93. The van der Waals surface area contributed by atoms with Crippen LogP contribution in [-0.4, -0.2) is 63.9 Å². The van der Waals surface area contributed by atoms with Crippen molar-refractivity contribution in [3.05, 3.63) is 35.7 Å². The van der Waals surface area contributed by atoms with Gasteiger partial charge in [-0.05, 0) is 39.1 Å². The van der Waals surface area contributed by atoms with Gasteiger partial charge in [-0.2, -0.15) is 0 Å². The van der Waals surface area contributed by atoms with Crippen LogP contribution in [0.3, 0.4) is 0 Å². The van der Waals surface area contributed by atoms with E-state index in [1.807, 2.05) is 23.1 Å². The van der Waals surface area contributed by atoms with Crippen molar-refractivity contribution in [3.63, 3.8) is 0 Å². The summed E-state index contributed by atoms with van der Waals surface area (Å²) in [5.41, 5.74) is 2.77. The second-order valence-corrected chi connectivity index (χ2v) is 7.24. The maximum absolute atomic E-state index is 11.8. The number of rotatable bonds is 6. The van der Waals surface area contributed by atoms with Crippen LogP contribution < -0.4 is 5.32 Å². The van der Waals surface area contributed by atoms with Gasteiger partial charge in [-0.25, -0.2) is 9.97 Å². The lowest BCUT2D eigenvalue weighted by Crippen LogP contribution is -2.37. The first-order valence-corrected chi connectivity index (χ1v) is 9.46. The number of pyridine rings is 1. The van der Waals surface area contributed by atoms with Crippen LogP contribution >= 0.6 is 0 Å². The van der Waals surface area contributed by atoms with E-state index in [0.29, 0.717) is 25.0 Å². The number of carbonyl (C=O) groups is 1. The molecule has 1 aliphatic heterocycles. The molecule has 0 aromatic carbocycles. The number of nitrogens with one attached hydrogen (secondary N) is 1. The van der Waals surface area contributed by atoms with E-state index in [-0.39, 0.29) is 5.91 Å². The molecule has 0 saturated heterocycles. The Morgan fingerprint density at radius 2 is 2.15 bits per heavy atom. The maximum atomic E-state index is 11.8. The molecule has 1 amide bonds. The molecule has 7 heteroatoms. The fourth-order valence-electron chi connectivity index (χ4n) is 3.34. The van der Waals surface area contributed by atoms with Gasteiger partial charge in [0.2, 0.25) is 5.91 Å². The van der Waals surface area contributed by atoms with Gasteiger partial charge in [0.1, 0.15) is 11.5 Å². The molecule has 1 atom stereocenters. The Morgan fingerprint density at radius 1 is 1.33 bits per heavy atom. The summed E-state index contributed by atoms with van der Waals surface area (Å²) in [5, 5.41) is 3.62. The third-order valence-electron chi connectivity index (χ3n) is 4.82. The Bertz CT molecular complexity index is 793. The Hall–Kier alpha value is -2.54. The minimum absolute atomic E-state index is 0.0761. The molecular formula is C20H28N6O. The minimum atomic E-state index is 0.0761. The van der Waals surface area contributed by atoms with Gasteiger partial charge in [0.05, 0.1) is 12.2 Å². The first-order chi connectivity index (χ1) is 13.0. The quantitative estimate of drug-likeness (QED) is 0.843. The van der Waals surface area contributed by atoms with Gasteiger partial charge in [0.15, 0.2) is 5.82 Å². The second kappa shape index (κ2) is 8.43. The predicted octanol–water partition coefficient (Wildman–Crippen LogP) is 2.20. The zero-order chi connectivity index (χ0) is 19.4. The Balaban J connectivity index is 2.00. The summed E-state index contributed by atoms with van der Waals surface area (Å²) in [6.07, 6.45) is 3.50. The van der Waals surface area contributed by atoms with Crippen LogP contribution in [-0.2, 0) is 17.8 Å². The summed E-state index contributed by atoms with van der Waals surface area (Å²) in [5.74, 6) is 1.55. The number of hydrogen-bond acceptors (Lipinski definition) is 6. The number of fused-ring (bicyclic) bond motifs is 1. The molecule has 2 aromatic heterocycles. The van der Waals surface area contributed by atoms with Gasteiger partial charge in [-0.3, -0.25) is 9.78 Å². The van der Waals surface area contributed by atoms with Crippen LogP contribution in [0.2, 0.25) is 0 Å². The number of likely N-dealkylation sites (N-methyl/N-ethyl adjacent to an activating group) is 1. The standard InChI is InChI=1S/C20H28N6O/c1-5-15(12-25(3)4)22-19-16-9-11-26(14(2)27)13-18(16)23-20(24-19)17-8-6-7-10-21-17/h6-8,10,15H,5,9,11-13H2,1-4H3,(H,22,23,24)/t15-/m0/s1. The molecular weight excluding hydrogens is 340 g/mol. The Morgan fingerprint density at radius 3 is 2.78 bits per heavy atom. The van der Waals surface area contributed by atoms with Gasteiger partial charge < -0.3 is 15.1 Å². The van der Waals surface area contributed by atoms with E-state index in [0.717, 1.165) is 42.2 Å². The zero-order valence-electron chi connectivity index (χ0n) is 16.6. The molecule has 2 aromatic rings. The molecule has 0 saturated carbocycles. The first kappa shape index (κ1) is 19.2. The summed E-state index contributed by atoms with van der Waals surface area (Å²) in [7, 11) is 4.15. The van der Waals surface area contributed by atoms with Crippen LogP contribution in [0, 0.1) is 0 Å². The third kappa shape index (κ3) is 4.60. The van der Waals surface area contributed by atoms with Gasteiger partial charge in [0, 0.05) is 37.8 Å². The zero-order valence-corrected chi connectivity index (χ0v) is 16.6. The highest BCUT2D eigenvalue weighted by Crippen LogP contribution is 2.27. The van der Waals surface area contributed by atoms with E-state index in [2.05, 4.69) is 36.2 Å². The molecule has 1 aliphatic rings. The fourth-order valence-corrected chi connectivity index (χ4v) is 3.34. The summed E-state index contributed by atoms with van der Waals surface area (Å²) < 4.78 is 0. The Labute approximate surface area is 160 Å². The smallest absolute Gasteiger partial charge is 0.219 e. The van der Waals surface area contributed by atoms with E-state index in [1.165, 1.54) is 0 Å². The van der Waals surface area contributed by atoms with E-state index >= 15 is 0 Å². The highest BCUT2D eigenvalue weighted by Gasteiger charge is 2.25. The van der Waals surface area contributed by atoms with Crippen molar-refractivity contribution in [2.75, 3.05) is 32.5 Å². The lowest BCUT2D eigenvalue weighted by molar-refractivity contribution is -0.129. The molecule has 0 unspecified atom stereocenters. The summed E-state index contributed by atoms with van der Waals surface area (Å²) in [6, 6.07) is 6.01. The molecule has 0 fully saturated rings. The Kier molecular flexibility index (Phi) is 6.01. The third-order valence-corrected chi connectivity index (χ3v) is 4.82. The first-order valence-electron chi connectivity index (χ1n) is 9.46. The average Bonchev–Trinajstić information content (AvgIpc) is 2.67. The number of carbonyl (C=O) groups excluding carboxylic acids is 1. The molecule has 7 nitrogen and oxygen atoms in total. The van der Waals surface area contributed by atoms with Crippen molar-refractivity contribution in [1.29, 1.82) is 0 Å². The maximum Gasteiger partial charge on any atom is 0.219 e. The molecule has 3 rings (SSSR count). The lowest BCUT2D eigenvalue weighted by Gasteiger charge is -2.30. The van der Waals surface area contributed by atoms with Crippen LogP contribution in [0.1, 0.15) is 31.5 Å². The predicted molar refractivity (Wildman–Crippen MR) is 106 cm³/mol. The van der Waals surface area contributed by atoms with Gasteiger partial charge in [0.25, 0.3) is 0 Å². The van der Waals surface area contributed by atoms with Crippen molar-refractivity contribution in [2.45, 2.75) is 39.3 Å². The van der Waals surface area contributed by atoms with Gasteiger partial charge in [-0.1, -0.05) is 13.0 Å². The van der Waals surface area contributed by atoms with Crippen LogP contribution in [0.25, 0.3) is 11.5 Å². The van der Waals surface area contributed by atoms with Gasteiger partial charge in [-0.15, -0.1) is 0 Å². The monoisotopic (exact) mass is 368 g/mol. The fraction of sp³-hybridized carbons (Fsp3) is 0.500. The average molecular weight is 368 g/mol. The molecule has 144 valence electrons.